The van der Waals surface area contributed by atoms with Crippen molar-refractivity contribution in [3.05, 3.63) is 53.1 Å². The summed E-state index contributed by atoms with van der Waals surface area (Å²) in [6.45, 7) is 4.50. The van der Waals surface area contributed by atoms with E-state index in [2.05, 4.69) is 16.0 Å². The number of carbonyl (C=O) groups excluding carboxylic acids is 3. The van der Waals surface area contributed by atoms with Crippen LogP contribution < -0.4 is 16.0 Å². The molecule has 3 amide bonds. The third-order valence-electron chi connectivity index (χ3n) is 4.17. The number of carbonyl (C=O) groups is 3. The first-order valence-electron chi connectivity index (χ1n) is 9.64. The van der Waals surface area contributed by atoms with Crippen LogP contribution >= 0.6 is 11.6 Å². The highest BCUT2D eigenvalue weighted by Crippen LogP contribution is 2.24. The number of sulfonamides is 1. The normalized spacial score (nSPS) is 11.3. The molecule has 2 aromatic rings. The maximum Gasteiger partial charge on any atom is 0.251 e. The van der Waals surface area contributed by atoms with Crippen molar-refractivity contribution in [2.45, 2.75) is 31.7 Å². The molecule has 32 heavy (non-hydrogen) atoms. The van der Waals surface area contributed by atoms with E-state index in [1.54, 1.807) is 0 Å². The molecule has 172 valence electrons. The molecule has 9 nitrogen and oxygen atoms in total. The van der Waals surface area contributed by atoms with Crippen molar-refractivity contribution in [3.63, 3.8) is 0 Å². The van der Waals surface area contributed by atoms with Crippen molar-refractivity contribution in [1.82, 2.24) is 9.62 Å². The number of likely N-dealkylation sites (N-methyl/N-ethyl adjacent to an activating group) is 1. The lowest BCUT2D eigenvalue weighted by atomic mass is 10.1. The quantitative estimate of drug-likeness (QED) is 0.535. The molecule has 3 N–H and O–H groups in total. The van der Waals surface area contributed by atoms with Crippen molar-refractivity contribution in [2.24, 2.45) is 0 Å². The molecular formula is C21H25ClN4O5S. The van der Waals surface area contributed by atoms with Crippen LogP contribution in [0.25, 0.3) is 0 Å². The van der Waals surface area contributed by atoms with Crippen LogP contribution in [0.15, 0.2) is 47.4 Å². The molecule has 0 radical (unpaired) electrons. The summed E-state index contributed by atoms with van der Waals surface area (Å²) in [7, 11) is -2.69. The van der Waals surface area contributed by atoms with Gasteiger partial charge in [-0.1, -0.05) is 11.6 Å². The topological polar surface area (TPSA) is 125 Å². The van der Waals surface area contributed by atoms with Crippen molar-refractivity contribution >= 4 is 50.7 Å². The van der Waals surface area contributed by atoms with Crippen LogP contribution in [0.5, 0.6) is 0 Å². The van der Waals surface area contributed by atoms with Gasteiger partial charge >= 0.3 is 0 Å². The Labute approximate surface area is 192 Å². The average molecular weight is 481 g/mol. The summed E-state index contributed by atoms with van der Waals surface area (Å²) in [6, 6.07) is 9.94. The van der Waals surface area contributed by atoms with Gasteiger partial charge in [0.25, 0.3) is 5.91 Å². The van der Waals surface area contributed by atoms with Gasteiger partial charge in [0.2, 0.25) is 21.8 Å². The highest BCUT2D eigenvalue weighted by atomic mass is 35.5. The van der Waals surface area contributed by atoms with Crippen LogP contribution in [-0.4, -0.2) is 50.1 Å². The van der Waals surface area contributed by atoms with E-state index in [-0.39, 0.29) is 33.5 Å². The minimum absolute atomic E-state index is 0.0349. The van der Waals surface area contributed by atoms with E-state index in [1.165, 1.54) is 56.4 Å². The molecule has 0 heterocycles. The van der Waals surface area contributed by atoms with Crippen LogP contribution in [0, 0.1) is 0 Å². The van der Waals surface area contributed by atoms with Gasteiger partial charge in [0, 0.05) is 31.3 Å². The Morgan fingerprint density at radius 2 is 1.66 bits per heavy atom. The third kappa shape index (κ3) is 6.78. The first kappa shape index (κ1) is 25.3. The average Bonchev–Trinajstić information content (AvgIpc) is 2.69. The molecule has 0 aromatic heterocycles. The van der Waals surface area contributed by atoms with Gasteiger partial charge in [0.15, 0.2) is 0 Å². The van der Waals surface area contributed by atoms with Gasteiger partial charge in [-0.25, -0.2) is 8.42 Å². The number of benzene rings is 2. The Balaban J connectivity index is 2.10. The van der Waals surface area contributed by atoms with E-state index >= 15 is 0 Å². The molecule has 0 aliphatic carbocycles. The van der Waals surface area contributed by atoms with Gasteiger partial charge in [-0.05, 0) is 56.3 Å². The highest BCUT2D eigenvalue weighted by molar-refractivity contribution is 7.89. The standard InChI is InChI=1S/C21H25ClN4O5S/c1-13(2)23-21(29)15-5-10-18(22)19(11-15)25-20(28)12-26(4)32(30,31)17-8-6-16(7-9-17)24-14(3)27/h5-11,13H,12H2,1-4H3,(H,23,29)(H,24,27)(H,25,28). The van der Waals surface area contributed by atoms with E-state index in [0.29, 0.717) is 11.3 Å². The first-order valence-corrected chi connectivity index (χ1v) is 11.5. The van der Waals surface area contributed by atoms with E-state index in [9.17, 15) is 22.8 Å². The minimum atomic E-state index is -3.95. The van der Waals surface area contributed by atoms with Gasteiger partial charge in [-0.2, -0.15) is 4.31 Å². The van der Waals surface area contributed by atoms with Crippen LogP contribution in [0.2, 0.25) is 5.02 Å². The second kappa shape index (κ2) is 10.6. The number of hydrogen-bond acceptors (Lipinski definition) is 5. The molecule has 0 saturated carbocycles. The molecule has 2 aromatic carbocycles. The zero-order valence-corrected chi connectivity index (χ0v) is 19.7. The Hall–Kier alpha value is -2.95. The maximum absolute atomic E-state index is 12.7. The molecule has 0 atom stereocenters. The summed E-state index contributed by atoms with van der Waals surface area (Å²) in [5, 5.41) is 8.03. The Morgan fingerprint density at radius 3 is 2.22 bits per heavy atom. The Bertz CT molecular complexity index is 1120. The lowest BCUT2D eigenvalue weighted by Crippen LogP contribution is -2.35. The van der Waals surface area contributed by atoms with Gasteiger partial charge in [0.05, 0.1) is 22.2 Å². The molecule has 2 rings (SSSR count). The van der Waals surface area contributed by atoms with Gasteiger partial charge in [-0.15, -0.1) is 0 Å². The molecule has 0 fully saturated rings. The number of amides is 3. The zero-order chi connectivity index (χ0) is 24.1. The fourth-order valence-corrected chi connectivity index (χ4v) is 3.97. The summed E-state index contributed by atoms with van der Waals surface area (Å²) in [5.41, 5.74) is 0.949. The molecule has 0 aliphatic heterocycles. The third-order valence-corrected chi connectivity index (χ3v) is 6.32. The monoisotopic (exact) mass is 480 g/mol. The Morgan fingerprint density at radius 1 is 1.03 bits per heavy atom. The van der Waals surface area contributed by atoms with Crippen LogP contribution in [0.1, 0.15) is 31.1 Å². The van der Waals surface area contributed by atoms with Crippen molar-refractivity contribution in [2.75, 3.05) is 24.2 Å². The number of hydrogen-bond donors (Lipinski definition) is 3. The summed E-state index contributed by atoms with van der Waals surface area (Å²) in [4.78, 5) is 35.7. The fraction of sp³-hybridized carbons (Fsp3) is 0.286. The zero-order valence-electron chi connectivity index (χ0n) is 18.1. The van der Waals surface area contributed by atoms with Crippen LogP contribution in [0.3, 0.4) is 0 Å². The summed E-state index contributed by atoms with van der Waals surface area (Å²) < 4.78 is 26.4. The van der Waals surface area contributed by atoms with Crippen molar-refractivity contribution < 1.29 is 22.8 Å². The van der Waals surface area contributed by atoms with Crippen LogP contribution in [0.4, 0.5) is 11.4 Å². The highest BCUT2D eigenvalue weighted by Gasteiger charge is 2.23. The second-order valence-electron chi connectivity index (χ2n) is 7.34. The lowest BCUT2D eigenvalue weighted by molar-refractivity contribution is -0.116. The molecule has 0 saturated heterocycles. The largest absolute Gasteiger partial charge is 0.350 e. The minimum Gasteiger partial charge on any atom is -0.350 e. The number of anilines is 2. The van der Waals surface area contributed by atoms with Gasteiger partial charge < -0.3 is 16.0 Å². The summed E-state index contributed by atoms with van der Waals surface area (Å²) >= 11 is 6.12. The molecule has 11 heteroatoms. The van der Waals surface area contributed by atoms with Crippen molar-refractivity contribution in [3.8, 4) is 0 Å². The second-order valence-corrected chi connectivity index (χ2v) is 9.79. The maximum atomic E-state index is 12.7. The molecule has 0 bridgehead atoms. The predicted molar refractivity (Wildman–Crippen MR) is 123 cm³/mol. The van der Waals surface area contributed by atoms with Gasteiger partial charge in [0.1, 0.15) is 0 Å². The summed E-state index contributed by atoms with van der Waals surface area (Å²) in [5.74, 6) is -1.23. The number of nitrogens with zero attached hydrogens (tertiary/aromatic N) is 1. The fourth-order valence-electron chi connectivity index (χ4n) is 2.68. The molecule has 0 spiro atoms. The molecular weight excluding hydrogens is 456 g/mol. The smallest absolute Gasteiger partial charge is 0.251 e. The number of rotatable bonds is 8. The number of halogens is 1. The van der Waals surface area contributed by atoms with Crippen LogP contribution in [-0.2, 0) is 19.6 Å². The van der Waals surface area contributed by atoms with Gasteiger partial charge in [-0.3, -0.25) is 14.4 Å². The number of nitrogens with one attached hydrogen (secondary N) is 3. The summed E-state index contributed by atoms with van der Waals surface area (Å²) in [6.07, 6.45) is 0. The van der Waals surface area contributed by atoms with E-state index < -0.39 is 22.5 Å². The van der Waals surface area contributed by atoms with E-state index in [1.807, 2.05) is 13.8 Å². The molecule has 0 unspecified atom stereocenters. The lowest BCUT2D eigenvalue weighted by Gasteiger charge is -2.18. The molecule has 0 aliphatic rings. The van der Waals surface area contributed by atoms with Crippen molar-refractivity contribution in [1.29, 1.82) is 0 Å². The van der Waals surface area contributed by atoms with E-state index in [0.717, 1.165) is 4.31 Å². The Kier molecular flexibility index (Phi) is 8.37. The predicted octanol–water partition coefficient (Wildman–Crippen LogP) is 2.70. The first-order chi connectivity index (χ1) is 14.9. The SMILES string of the molecule is CC(=O)Nc1ccc(S(=O)(=O)N(C)CC(=O)Nc2cc(C(=O)NC(C)C)ccc2Cl)cc1. The van der Waals surface area contributed by atoms with E-state index in [4.69, 9.17) is 11.6 Å².